The highest BCUT2D eigenvalue weighted by Gasteiger charge is 2.07. The average molecular weight is 173 g/mol. The van der Waals surface area contributed by atoms with Gasteiger partial charge in [0, 0.05) is 19.2 Å². The molecule has 0 spiro atoms. The molecule has 0 bridgehead atoms. The predicted octanol–water partition coefficient (Wildman–Crippen LogP) is 2.05. The molecule has 12 heavy (non-hydrogen) atoms. The van der Waals surface area contributed by atoms with E-state index in [1.807, 2.05) is 6.92 Å². The fraction of sp³-hybridized carbons (Fsp3) is 1.00. The van der Waals surface area contributed by atoms with Crippen LogP contribution in [0, 0.1) is 5.92 Å². The van der Waals surface area contributed by atoms with E-state index >= 15 is 0 Å². The second-order valence-electron chi connectivity index (χ2n) is 3.33. The lowest BCUT2D eigenvalue weighted by atomic mass is 10.0. The van der Waals surface area contributed by atoms with Gasteiger partial charge < -0.3 is 10.1 Å². The first kappa shape index (κ1) is 11.9. The van der Waals surface area contributed by atoms with E-state index in [0.717, 1.165) is 25.7 Å². The summed E-state index contributed by atoms with van der Waals surface area (Å²) >= 11 is 0. The van der Waals surface area contributed by atoms with Crippen molar-refractivity contribution in [2.45, 2.75) is 40.2 Å². The molecule has 2 atom stereocenters. The third-order valence-electron chi connectivity index (χ3n) is 2.41. The van der Waals surface area contributed by atoms with E-state index in [1.165, 1.54) is 6.42 Å². The highest BCUT2D eigenvalue weighted by molar-refractivity contribution is 4.66. The minimum atomic E-state index is 0.607. The van der Waals surface area contributed by atoms with Gasteiger partial charge in [-0.15, -0.1) is 0 Å². The maximum absolute atomic E-state index is 5.23. The summed E-state index contributed by atoms with van der Waals surface area (Å²) in [5.41, 5.74) is 0. The van der Waals surface area contributed by atoms with Crippen molar-refractivity contribution in [3.8, 4) is 0 Å². The molecule has 0 amide bonds. The van der Waals surface area contributed by atoms with Gasteiger partial charge in [-0.25, -0.2) is 0 Å². The first-order valence-electron chi connectivity index (χ1n) is 5.03. The lowest BCUT2D eigenvalue weighted by Gasteiger charge is -2.19. The van der Waals surface area contributed by atoms with Gasteiger partial charge in [0.25, 0.3) is 0 Å². The molecule has 0 heterocycles. The van der Waals surface area contributed by atoms with Gasteiger partial charge in [-0.05, 0) is 19.8 Å². The van der Waals surface area contributed by atoms with Crippen LogP contribution in [0.2, 0.25) is 0 Å². The van der Waals surface area contributed by atoms with Crippen molar-refractivity contribution < 1.29 is 4.74 Å². The normalized spacial score (nSPS) is 16.0. The number of hydrogen-bond acceptors (Lipinski definition) is 2. The van der Waals surface area contributed by atoms with Gasteiger partial charge in [-0.1, -0.05) is 20.3 Å². The Morgan fingerprint density at radius 2 is 1.92 bits per heavy atom. The molecule has 0 radical (unpaired) electrons. The van der Waals surface area contributed by atoms with E-state index < -0.39 is 0 Å². The third kappa shape index (κ3) is 5.56. The summed E-state index contributed by atoms with van der Waals surface area (Å²) in [5.74, 6) is 0.756. The lowest BCUT2D eigenvalue weighted by molar-refractivity contribution is 0.145. The number of nitrogens with one attached hydrogen (secondary N) is 1. The van der Waals surface area contributed by atoms with E-state index in [-0.39, 0.29) is 0 Å². The summed E-state index contributed by atoms with van der Waals surface area (Å²) in [6.45, 7) is 11.4. The molecular weight excluding hydrogens is 150 g/mol. The van der Waals surface area contributed by atoms with Gasteiger partial charge in [-0.3, -0.25) is 0 Å². The van der Waals surface area contributed by atoms with Gasteiger partial charge >= 0.3 is 0 Å². The van der Waals surface area contributed by atoms with E-state index in [1.54, 1.807) is 0 Å². The van der Waals surface area contributed by atoms with Gasteiger partial charge in [0.2, 0.25) is 0 Å². The molecule has 0 saturated heterocycles. The van der Waals surface area contributed by atoms with Crippen molar-refractivity contribution in [2.75, 3.05) is 19.8 Å². The van der Waals surface area contributed by atoms with Gasteiger partial charge in [0.1, 0.15) is 0 Å². The molecule has 2 heteroatoms. The standard InChI is InChI=1S/C10H23NO/c1-5-9(3)10(4)11-7-8-12-6-2/h9-11H,5-8H2,1-4H3/t9-,10-/m1/s1. The van der Waals surface area contributed by atoms with Gasteiger partial charge in [0.05, 0.1) is 6.61 Å². The summed E-state index contributed by atoms with van der Waals surface area (Å²) < 4.78 is 5.23. The third-order valence-corrected chi connectivity index (χ3v) is 2.41. The molecule has 2 nitrogen and oxygen atoms in total. The highest BCUT2D eigenvalue weighted by Crippen LogP contribution is 2.05. The molecule has 0 unspecified atom stereocenters. The van der Waals surface area contributed by atoms with Crippen LogP contribution in [0.15, 0.2) is 0 Å². The highest BCUT2D eigenvalue weighted by atomic mass is 16.5. The Kier molecular flexibility index (Phi) is 7.51. The van der Waals surface area contributed by atoms with Crippen LogP contribution >= 0.6 is 0 Å². The number of hydrogen-bond donors (Lipinski definition) is 1. The van der Waals surface area contributed by atoms with Crippen molar-refractivity contribution in [1.29, 1.82) is 0 Å². The fourth-order valence-electron chi connectivity index (χ4n) is 1.06. The van der Waals surface area contributed by atoms with E-state index in [0.29, 0.717) is 6.04 Å². The molecule has 0 saturated carbocycles. The molecule has 1 N–H and O–H groups in total. The average Bonchev–Trinajstić information content (AvgIpc) is 2.10. The molecule has 0 aliphatic heterocycles. The number of ether oxygens (including phenoxy) is 1. The molecule has 0 aromatic carbocycles. The monoisotopic (exact) mass is 173 g/mol. The predicted molar refractivity (Wildman–Crippen MR) is 53.4 cm³/mol. The molecule has 0 aromatic rings. The van der Waals surface area contributed by atoms with E-state index in [2.05, 4.69) is 26.1 Å². The molecule has 0 rings (SSSR count). The fourth-order valence-corrected chi connectivity index (χ4v) is 1.06. The van der Waals surface area contributed by atoms with Gasteiger partial charge in [-0.2, -0.15) is 0 Å². The Bertz CT molecular complexity index is 95.8. The van der Waals surface area contributed by atoms with Crippen molar-refractivity contribution in [3.05, 3.63) is 0 Å². The van der Waals surface area contributed by atoms with E-state index in [9.17, 15) is 0 Å². The Balaban J connectivity index is 3.24. The molecule has 0 aromatic heterocycles. The Labute approximate surface area is 76.7 Å². The van der Waals surface area contributed by atoms with Crippen molar-refractivity contribution >= 4 is 0 Å². The van der Waals surface area contributed by atoms with Crippen LogP contribution in [0.5, 0.6) is 0 Å². The quantitative estimate of drug-likeness (QED) is 0.595. The van der Waals surface area contributed by atoms with Crippen LogP contribution in [-0.2, 0) is 4.74 Å². The van der Waals surface area contributed by atoms with Crippen LogP contribution in [0.1, 0.15) is 34.1 Å². The largest absolute Gasteiger partial charge is 0.380 e. The summed E-state index contributed by atoms with van der Waals surface area (Å²) in [4.78, 5) is 0. The summed E-state index contributed by atoms with van der Waals surface area (Å²) in [5, 5.41) is 3.44. The molecule has 74 valence electrons. The Morgan fingerprint density at radius 3 is 2.42 bits per heavy atom. The van der Waals surface area contributed by atoms with Crippen LogP contribution in [0.25, 0.3) is 0 Å². The lowest BCUT2D eigenvalue weighted by Crippen LogP contribution is -2.34. The minimum absolute atomic E-state index is 0.607. The second-order valence-corrected chi connectivity index (χ2v) is 3.33. The Morgan fingerprint density at radius 1 is 1.25 bits per heavy atom. The summed E-state index contributed by atoms with van der Waals surface area (Å²) in [6.07, 6.45) is 1.24. The smallest absolute Gasteiger partial charge is 0.0590 e. The van der Waals surface area contributed by atoms with Crippen molar-refractivity contribution in [3.63, 3.8) is 0 Å². The second kappa shape index (κ2) is 7.56. The van der Waals surface area contributed by atoms with Crippen LogP contribution in [0.3, 0.4) is 0 Å². The molecule has 0 aliphatic rings. The molecular formula is C10H23NO. The molecule has 0 fully saturated rings. The topological polar surface area (TPSA) is 21.3 Å². The Hall–Kier alpha value is -0.0800. The SMILES string of the molecule is CCOCCN[C@H](C)[C@H](C)CC. The number of rotatable bonds is 7. The molecule has 0 aliphatic carbocycles. The van der Waals surface area contributed by atoms with E-state index in [4.69, 9.17) is 4.74 Å². The minimum Gasteiger partial charge on any atom is -0.380 e. The van der Waals surface area contributed by atoms with Gasteiger partial charge in [0.15, 0.2) is 0 Å². The zero-order valence-electron chi connectivity index (χ0n) is 8.89. The van der Waals surface area contributed by atoms with Crippen molar-refractivity contribution in [1.82, 2.24) is 5.32 Å². The summed E-state index contributed by atoms with van der Waals surface area (Å²) in [7, 11) is 0. The van der Waals surface area contributed by atoms with Crippen LogP contribution in [-0.4, -0.2) is 25.8 Å². The first-order chi connectivity index (χ1) is 5.72. The first-order valence-corrected chi connectivity index (χ1v) is 5.03. The van der Waals surface area contributed by atoms with Crippen molar-refractivity contribution in [2.24, 2.45) is 5.92 Å². The maximum atomic E-state index is 5.23. The van der Waals surface area contributed by atoms with Crippen LogP contribution in [0.4, 0.5) is 0 Å². The summed E-state index contributed by atoms with van der Waals surface area (Å²) in [6, 6.07) is 0.607. The maximum Gasteiger partial charge on any atom is 0.0590 e. The zero-order chi connectivity index (χ0) is 9.40. The van der Waals surface area contributed by atoms with Crippen LogP contribution < -0.4 is 5.32 Å². The zero-order valence-corrected chi connectivity index (χ0v) is 8.89.